The summed E-state index contributed by atoms with van der Waals surface area (Å²) in [6.07, 6.45) is 5.66. The Kier molecular flexibility index (Phi) is 7.65. The molecule has 31 heavy (non-hydrogen) atoms. The van der Waals surface area contributed by atoms with E-state index in [0.29, 0.717) is 22.5 Å². The number of rotatable bonds is 7. The Morgan fingerprint density at radius 2 is 1.61 bits per heavy atom. The minimum absolute atomic E-state index is 0.0591. The van der Waals surface area contributed by atoms with Crippen LogP contribution in [-0.2, 0) is 4.79 Å². The molecule has 164 valence electrons. The topological polar surface area (TPSA) is 90.5 Å². The fraction of sp³-hybridized carbons (Fsp3) is 0.375. The molecule has 1 fully saturated rings. The second kappa shape index (κ2) is 10.6. The van der Waals surface area contributed by atoms with E-state index in [1.807, 2.05) is 0 Å². The summed E-state index contributed by atoms with van der Waals surface area (Å²) in [5, 5.41) is 8.92. The van der Waals surface area contributed by atoms with Crippen LogP contribution in [0, 0.1) is 0 Å². The normalized spacial score (nSPS) is 13.9. The van der Waals surface area contributed by atoms with Gasteiger partial charge in [-0.1, -0.05) is 25.3 Å². The molecule has 2 aromatic rings. The van der Waals surface area contributed by atoms with Crippen molar-refractivity contribution in [3.8, 4) is 0 Å². The van der Waals surface area contributed by atoms with Gasteiger partial charge in [0.25, 0.3) is 11.8 Å². The Morgan fingerprint density at radius 1 is 0.903 bits per heavy atom. The second-order valence-electron chi connectivity index (χ2n) is 8.07. The number of hydrogen-bond donors (Lipinski definition) is 3. The van der Waals surface area contributed by atoms with Crippen molar-refractivity contribution < 1.29 is 14.4 Å². The lowest BCUT2D eigenvalue weighted by atomic mass is 9.95. The third kappa shape index (κ3) is 6.57. The SMILES string of the molecule is CN(C)C(=O)c1cccc(NCC(=O)Nc2ccc(C(=O)NC3CCCCC3)cc2)c1. The van der Waals surface area contributed by atoms with E-state index >= 15 is 0 Å². The number of nitrogens with one attached hydrogen (secondary N) is 3. The molecule has 0 saturated heterocycles. The molecule has 0 radical (unpaired) electrons. The quantitative estimate of drug-likeness (QED) is 0.637. The van der Waals surface area contributed by atoms with Crippen molar-refractivity contribution in [2.45, 2.75) is 38.1 Å². The van der Waals surface area contributed by atoms with Crippen LogP contribution in [0.25, 0.3) is 0 Å². The smallest absolute Gasteiger partial charge is 0.253 e. The highest BCUT2D eigenvalue weighted by Gasteiger charge is 2.16. The van der Waals surface area contributed by atoms with E-state index < -0.39 is 0 Å². The maximum Gasteiger partial charge on any atom is 0.253 e. The van der Waals surface area contributed by atoms with Gasteiger partial charge in [-0.05, 0) is 55.3 Å². The summed E-state index contributed by atoms with van der Waals surface area (Å²) in [6, 6.07) is 14.2. The Bertz CT molecular complexity index is 919. The Hall–Kier alpha value is -3.35. The first-order valence-electron chi connectivity index (χ1n) is 10.7. The number of nitrogens with zero attached hydrogens (tertiary/aromatic N) is 1. The molecule has 0 unspecified atom stereocenters. The fourth-order valence-electron chi connectivity index (χ4n) is 3.63. The van der Waals surface area contributed by atoms with E-state index in [-0.39, 0.29) is 30.3 Å². The van der Waals surface area contributed by atoms with Crippen molar-refractivity contribution >= 4 is 29.1 Å². The summed E-state index contributed by atoms with van der Waals surface area (Å²) in [6.45, 7) is 0.0591. The standard InChI is InChI=1S/C24H30N4O3/c1-28(2)24(31)18-7-6-10-21(15-18)25-16-22(29)26-20-13-11-17(12-14-20)23(30)27-19-8-4-3-5-9-19/h6-7,10-15,19,25H,3-5,8-9,16H2,1-2H3,(H,26,29)(H,27,30). The van der Waals surface area contributed by atoms with E-state index in [9.17, 15) is 14.4 Å². The minimum atomic E-state index is -0.219. The zero-order valence-corrected chi connectivity index (χ0v) is 18.1. The van der Waals surface area contributed by atoms with Gasteiger partial charge in [-0.15, -0.1) is 0 Å². The molecule has 2 aromatic carbocycles. The third-order valence-corrected chi connectivity index (χ3v) is 5.34. The van der Waals surface area contributed by atoms with Crippen molar-refractivity contribution in [1.82, 2.24) is 10.2 Å². The van der Waals surface area contributed by atoms with Gasteiger partial charge in [0, 0.05) is 42.6 Å². The maximum absolute atomic E-state index is 12.4. The highest BCUT2D eigenvalue weighted by atomic mass is 16.2. The van der Waals surface area contributed by atoms with Crippen LogP contribution in [-0.4, -0.2) is 49.3 Å². The molecule has 1 aliphatic carbocycles. The largest absolute Gasteiger partial charge is 0.376 e. The predicted octanol–water partition coefficient (Wildman–Crippen LogP) is 3.50. The monoisotopic (exact) mass is 422 g/mol. The Labute approximate surface area is 183 Å². The molecule has 0 atom stereocenters. The van der Waals surface area contributed by atoms with Crippen LogP contribution in [0.1, 0.15) is 52.8 Å². The Balaban J connectivity index is 1.49. The third-order valence-electron chi connectivity index (χ3n) is 5.34. The van der Waals surface area contributed by atoms with Crippen molar-refractivity contribution in [1.29, 1.82) is 0 Å². The number of anilines is 2. The summed E-state index contributed by atoms with van der Waals surface area (Å²) in [5.74, 6) is -0.386. The van der Waals surface area contributed by atoms with Crippen LogP contribution in [0.4, 0.5) is 11.4 Å². The minimum Gasteiger partial charge on any atom is -0.376 e. The highest BCUT2D eigenvalue weighted by molar-refractivity contribution is 5.97. The van der Waals surface area contributed by atoms with Crippen molar-refractivity contribution in [3.05, 3.63) is 59.7 Å². The molecule has 0 spiro atoms. The summed E-state index contributed by atoms with van der Waals surface area (Å²) in [4.78, 5) is 38.2. The van der Waals surface area contributed by atoms with Crippen molar-refractivity contribution in [2.75, 3.05) is 31.3 Å². The first-order valence-corrected chi connectivity index (χ1v) is 10.7. The molecular formula is C24H30N4O3. The zero-order chi connectivity index (χ0) is 22.2. The fourth-order valence-corrected chi connectivity index (χ4v) is 3.63. The average molecular weight is 423 g/mol. The van der Waals surface area contributed by atoms with Crippen LogP contribution in [0.3, 0.4) is 0 Å². The maximum atomic E-state index is 12.4. The van der Waals surface area contributed by atoms with Gasteiger partial charge in [-0.2, -0.15) is 0 Å². The molecule has 3 amide bonds. The molecule has 1 aliphatic rings. The zero-order valence-electron chi connectivity index (χ0n) is 18.1. The van der Waals surface area contributed by atoms with Gasteiger partial charge in [0.05, 0.1) is 6.54 Å². The van der Waals surface area contributed by atoms with Gasteiger partial charge < -0.3 is 20.9 Å². The van der Waals surface area contributed by atoms with Gasteiger partial charge in [0.1, 0.15) is 0 Å². The van der Waals surface area contributed by atoms with Crippen LogP contribution < -0.4 is 16.0 Å². The number of carbonyl (C=O) groups excluding carboxylic acids is 3. The lowest BCUT2D eigenvalue weighted by molar-refractivity contribution is -0.114. The molecule has 0 aliphatic heterocycles. The lowest BCUT2D eigenvalue weighted by Gasteiger charge is -2.22. The molecular weight excluding hydrogens is 392 g/mol. The molecule has 0 heterocycles. The number of amides is 3. The lowest BCUT2D eigenvalue weighted by Crippen LogP contribution is -2.36. The van der Waals surface area contributed by atoms with Gasteiger partial charge in [0.15, 0.2) is 0 Å². The number of carbonyl (C=O) groups is 3. The number of hydrogen-bond acceptors (Lipinski definition) is 4. The van der Waals surface area contributed by atoms with E-state index in [0.717, 1.165) is 12.8 Å². The van der Waals surface area contributed by atoms with Crippen LogP contribution in [0.5, 0.6) is 0 Å². The van der Waals surface area contributed by atoms with Crippen molar-refractivity contribution in [2.24, 2.45) is 0 Å². The number of benzene rings is 2. The average Bonchev–Trinajstić information content (AvgIpc) is 2.78. The summed E-state index contributed by atoms with van der Waals surface area (Å²) < 4.78 is 0. The highest BCUT2D eigenvalue weighted by Crippen LogP contribution is 2.18. The summed E-state index contributed by atoms with van der Waals surface area (Å²) in [7, 11) is 3.39. The first-order chi connectivity index (χ1) is 14.9. The van der Waals surface area contributed by atoms with Gasteiger partial charge in [-0.25, -0.2) is 0 Å². The molecule has 7 heteroatoms. The van der Waals surface area contributed by atoms with Gasteiger partial charge >= 0.3 is 0 Å². The molecule has 0 aromatic heterocycles. The van der Waals surface area contributed by atoms with Crippen molar-refractivity contribution in [3.63, 3.8) is 0 Å². The molecule has 3 rings (SSSR count). The molecule has 3 N–H and O–H groups in total. The van der Waals surface area contributed by atoms with Crippen LogP contribution >= 0.6 is 0 Å². The predicted molar refractivity (Wildman–Crippen MR) is 122 cm³/mol. The Morgan fingerprint density at radius 3 is 2.29 bits per heavy atom. The summed E-state index contributed by atoms with van der Waals surface area (Å²) >= 11 is 0. The van der Waals surface area contributed by atoms with E-state index in [2.05, 4.69) is 16.0 Å². The first kappa shape index (κ1) is 22.3. The van der Waals surface area contributed by atoms with Gasteiger partial charge in [0.2, 0.25) is 5.91 Å². The summed E-state index contributed by atoms with van der Waals surface area (Å²) in [5.41, 5.74) is 2.46. The molecule has 0 bridgehead atoms. The second-order valence-corrected chi connectivity index (χ2v) is 8.07. The molecule has 7 nitrogen and oxygen atoms in total. The molecule has 1 saturated carbocycles. The van der Waals surface area contributed by atoms with Crippen LogP contribution in [0.15, 0.2) is 48.5 Å². The van der Waals surface area contributed by atoms with E-state index in [1.165, 1.54) is 24.2 Å². The van der Waals surface area contributed by atoms with Gasteiger partial charge in [-0.3, -0.25) is 14.4 Å². The van der Waals surface area contributed by atoms with Crippen LogP contribution in [0.2, 0.25) is 0 Å². The van der Waals surface area contributed by atoms with E-state index in [4.69, 9.17) is 0 Å². The van der Waals surface area contributed by atoms with E-state index in [1.54, 1.807) is 62.6 Å².